The van der Waals surface area contributed by atoms with E-state index in [9.17, 15) is 14.0 Å². The summed E-state index contributed by atoms with van der Waals surface area (Å²) >= 11 is 0. The summed E-state index contributed by atoms with van der Waals surface area (Å²) in [4.78, 5) is 26.5. The van der Waals surface area contributed by atoms with Crippen molar-refractivity contribution in [3.63, 3.8) is 0 Å². The van der Waals surface area contributed by atoms with Crippen molar-refractivity contribution >= 4 is 18.0 Å². The molecule has 0 atom stereocenters. The Balaban J connectivity index is 2.12. The average Bonchev–Trinajstić information content (AvgIpc) is 2.46. The second-order valence-electron chi connectivity index (χ2n) is 5.00. The Kier molecular flexibility index (Phi) is 4.70. The Morgan fingerprint density at radius 1 is 1.24 bits per heavy atom. The first-order valence-electron chi connectivity index (χ1n) is 6.66. The normalized spacial score (nSPS) is 16.4. The first-order valence-corrected chi connectivity index (χ1v) is 6.66. The summed E-state index contributed by atoms with van der Waals surface area (Å²) < 4.78 is 13.9. The lowest BCUT2D eigenvalue weighted by atomic mass is 10.1. The minimum Gasteiger partial charge on any atom is -0.478 e. The smallest absolute Gasteiger partial charge is 0.328 e. The van der Waals surface area contributed by atoms with Crippen LogP contribution in [0.15, 0.2) is 24.3 Å². The molecule has 1 aliphatic rings. The van der Waals surface area contributed by atoms with Gasteiger partial charge in [-0.1, -0.05) is 6.07 Å². The third-order valence-electron chi connectivity index (χ3n) is 3.44. The number of nitrogens with zero attached hydrogens (tertiary/aromatic N) is 2. The highest BCUT2D eigenvalue weighted by Crippen LogP contribution is 2.15. The molecule has 1 fully saturated rings. The molecule has 0 aliphatic carbocycles. The zero-order valence-corrected chi connectivity index (χ0v) is 11.8. The predicted molar refractivity (Wildman–Crippen MR) is 76.5 cm³/mol. The molecule has 0 aromatic heterocycles. The maximum Gasteiger partial charge on any atom is 0.328 e. The number of halogens is 1. The van der Waals surface area contributed by atoms with Crippen molar-refractivity contribution in [1.29, 1.82) is 0 Å². The molecule has 0 unspecified atom stereocenters. The van der Waals surface area contributed by atoms with E-state index < -0.39 is 11.8 Å². The van der Waals surface area contributed by atoms with Gasteiger partial charge in [-0.05, 0) is 25.3 Å². The van der Waals surface area contributed by atoms with E-state index in [2.05, 4.69) is 4.90 Å². The standard InChI is InChI=1S/C15H17FN2O3/c1-17-6-8-18(9-7-17)15(21)12-3-2-11(13(16)10-12)4-5-14(19)20/h2-5,10H,6-9H2,1H3,(H,19,20). The van der Waals surface area contributed by atoms with Gasteiger partial charge in [-0.25, -0.2) is 9.18 Å². The molecular formula is C15H17FN2O3. The summed E-state index contributed by atoms with van der Waals surface area (Å²) in [6.07, 6.45) is 2.03. The highest BCUT2D eigenvalue weighted by atomic mass is 19.1. The zero-order chi connectivity index (χ0) is 15.4. The molecule has 1 heterocycles. The number of hydrogen-bond acceptors (Lipinski definition) is 3. The fraction of sp³-hybridized carbons (Fsp3) is 0.333. The average molecular weight is 292 g/mol. The van der Waals surface area contributed by atoms with E-state index in [-0.39, 0.29) is 17.0 Å². The van der Waals surface area contributed by atoms with Crippen LogP contribution in [0.4, 0.5) is 4.39 Å². The molecule has 5 nitrogen and oxygen atoms in total. The summed E-state index contributed by atoms with van der Waals surface area (Å²) in [5.41, 5.74) is 0.428. The molecule has 2 rings (SSSR count). The topological polar surface area (TPSA) is 60.9 Å². The number of carbonyl (C=O) groups is 2. The number of likely N-dealkylation sites (N-methyl/N-ethyl adjacent to an activating group) is 1. The second-order valence-corrected chi connectivity index (χ2v) is 5.00. The van der Waals surface area contributed by atoms with E-state index in [1.54, 1.807) is 4.90 Å². The molecule has 6 heteroatoms. The Bertz CT molecular complexity index is 578. The molecule has 1 aliphatic heterocycles. The van der Waals surface area contributed by atoms with Crippen LogP contribution in [-0.2, 0) is 4.79 Å². The molecule has 1 aromatic rings. The van der Waals surface area contributed by atoms with E-state index in [0.29, 0.717) is 13.1 Å². The number of benzene rings is 1. The molecular weight excluding hydrogens is 275 g/mol. The minimum atomic E-state index is -1.15. The second kappa shape index (κ2) is 6.49. The van der Waals surface area contributed by atoms with Crippen LogP contribution in [0.1, 0.15) is 15.9 Å². The van der Waals surface area contributed by atoms with Gasteiger partial charge in [-0.2, -0.15) is 0 Å². The SMILES string of the molecule is CN1CCN(C(=O)c2ccc(C=CC(=O)O)c(F)c2)CC1. The van der Waals surface area contributed by atoms with Crippen molar-refractivity contribution < 1.29 is 19.1 Å². The van der Waals surface area contributed by atoms with E-state index >= 15 is 0 Å². The Morgan fingerprint density at radius 3 is 2.48 bits per heavy atom. The molecule has 0 saturated carbocycles. The third kappa shape index (κ3) is 3.88. The first kappa shape index (κ1) is 15.2. The number of aliphatic carboxylic acids is 1. The van der Waals surface area contributed by atoms with Crippen LogP contribution in [0.5, 0.6) is 0 Å². The highest BCUT2D eigenvalue weighted by molar-refractivity contribution is 5.94. The molecule has 1 N–H and O–H groups in total. The zero-order valence-electron chi connectivity index (χ0n) is 11.8. The lowest BCUT2D eigenvalue weighted by Gasteiger charge is -2.32. The molecule has 1 aromatic carbocycles. The van der Waals surface area contributed by atoms with E-state index in [4.69, 9.17) is 5.11 Å². The lowest BCUT2D eigenvalue weighted by Crippen LogP contribution is -2.47. The van der Waals surface area contributed by atoms with Gasteiger partial charge in [0.25, 0.3) is 5.91 Å². The first-order chi connectivity index (χ1) is 9.97. The van der Waals surface area contributed by atoms with E-state index in [0.717, 1.165) is 25.2 Å². The lowest BCUT2D eigenvalue weighted by molar-refractivity contribution is -0.131. The largest absolute Gasteiger partial charge is 0.478 e. The highest BCUT2D eigenvalue weighted by Gasteiger charge is 2.20. The fourth-order valence-electron chi connectivity index (χ4n) is 2.15. The fourth-order valence-corrected chi connectivity index (χ4v) is 2.15. The van der Waals surface area contributed by atoms with Gasteiger partial charge < -0.3 is 14.9 Å². The molecule has 0 bridgehead atoms. The monoisotopic (exact) mass is 292 g/mol. The molecule has 0 spiro atoms. The Hall–Kier alpha value is -2.21. The Morgan fingerprint density at radius 2 is 1.90 bits per heavy atom. The molecule has 0 radical (unpaired) electrons. The van der Waals surface area contributed by atoms with E-state index in [1.807, 2.05) is 7.05 Å². The summed E-state index contributed by atoms with van der Waals surface area (Å²) in [6, 6.07) is 4.09. The minimum absolute atomic E-state index is 0.146. The quantitative estimate of drug-likeness (QED) is 0.853. The van der Waals surface area contributed by atoms with Crippen LogP contribution >= 0.6 is 0 Å². The van der Waals surface area contributed by atoms with Crippen LogP contribution in [0.25, 0.3) is 6.08 Å². The number of carboxylic acids is 1. The van der Waals surface area contributed by atoms with Crippen LogP contribution < -0.4 is 0 Å². The maximum atomic E-state index is 13.9. The van der Waals surface area contributed by atoms with Crippen molar-refractivity contribution in [3.8, 4) is 0 Å². The van der Waals surface area contributed by atoms with Gasteiger partial charge in [-0.3, -0.25) is 4.79 Å². The number of carbonyl (C=O) groups excluding carboxylic acids is 1. The van der Waals surface area contributed by atoms with Gasteiger partial charge in [-0.15, -0.1) is 0 Å². The van der Waals surface area contributed by atoms with Crippen LogP contribution in [0, 0.1) is 5.82 Å². The predicted octanol–water partition coefficient (Wildman–Crippen LogP) is 1.31. The number of piperazine rings is 1. The number of amides is 1. The maximum absolute atomic E-state index is 13.9. The Labute approximate surface area is 122 Å². The van der Waals surface area contributed by atoms with Gasteiger partial charge in [0.15, 0.2) is 0 Å². The van der Waals surface area contributed by atoms with Crippen molar-refractivity contribution in [3.05, 3.63) is 41.2 Å². The summed E-state index contributed by atoms with van der Waals surface area (Å²) in [6.45, 7) is 2.84. The van der Waals surface area contributed by atoms with Crippen LogP contribution in [-0.4, -0.2) is 60.0 Å². The van der Waals surface area contributed by atoms with Crippen molar-refractivity contribution in [2.24, 2.45) is 0 Å². The third-order valence-corrected chi connectivity index (χ3v) is 3.44. The number of carboxylic acid groups (broad SMARTS) is 1. The molecule has 1 saturated heterocycles. The van der Waals surface area contributed by atoms with Crippen molar-refractivity contribution in [1.82, 2.24) is 9.80 Å². The number of hydrogen-bond donors (Lipinski definition) is 1. The molecule has 1 amide bonds. The summed E-state index contributed by atoms with van der Waals surface area (Å²) in [5, 5.41) is 8.53. The van der Waals surface area contributed by atoms with Crippen molar-refractivity contribution in [2.45, 2.75) is 0 Å². The van der Waals surface area contributed by atoms with Gasteiger partial charge in [0, 0.05) is 43.4 Å². The molecule has 112 valence electrons. The van der Waals surface area contributed by atoms with Crippen LogP contribution in [0.2, 0.25) is 0 Å². The van der Waals surface area contributed by atoms with Gasteiger partial charge >= 0.3 is 5.97 Å². The van der Waals surface area contributed by atoms with Crippen molar-refractivity contribution in [2.75, 3.05) is 33.2 Å². The molecule has 21 heavy (non-hydrogen) atoms. The van der Waals surface area contributed by atoms with Gasteiger partial charge in [0.05, 0.1) is 0 Å². The van der Waals surface area contributed by atoms with E-state index in [1.165, 1.54) is 18.2 Å². The number of rotatable bonds is 3. The van der Waals surface area contributed by atoms with Gasteiger partial charge in [0.1, 0.15) is 5.82 Å². The summed E-state index contributed by atoms with van der Waals surface area (Å²) in [7, 11) is 1.99. The summed E-state index contributed by atoms with van der Waals surface area (Å²) in [5.74, 6) is -1.95. The van der Waals surface area contributed by atoms with Gasteiger partial charge in [0.2, 0.25) is 0 Å². The van der Waals surface area contributed by atoms with Crippen LogP contribution in [0.3, 0.4) is 0 Å².